The van der Waals surface area contributed by atoms with Gasteiger partial charge in [0.15, 0.2) is 0 Å². The zero-order chi connectivity index (χ0) is 12.1. The standard InChI is InChI=1S/C12H15NO3/c1-8(14)10(11(13)12(15)16)7-9-5-3-2-4-6-9/h2-6,10-11H,7,13H2,1H3,(H,15,16). The Labute approximate surface area is 94.1 Å². The summed E-state index contributed by atoms with van der Waals surface area (Å²) >= 11 is 0. The van der Waals surface area contributed by atoms with E-state index in [9.17, 15) is 9.59 Å². The first-order valence-electron chi connectivity index (χ1n) is 5.05. The fourth-order valence-corrected chi connectivity index (χ4v) is 1.56. The van der Waals surface area contributed by atoms with Crippen molar-refractivity contribution in [1.82, 2.24) is 0 Å². The molecule has 0 aliphatic heterocycles. The molecule has 0 radical (unpaired) electrons. The number of carbonyl (C=O) groups excluding carboxylic acids is 1. The van der Waals surface area contributed by atoms with Crippen molar-refractivity contribution in [3.8, 4) is 0 Å². The summed E-state index contributed by atoms with van der Waals surface area (Å²) in [4.78, 5) is 22.1. The van der Waals surface area contributed by atoms with Gasteiger partial charge in [0.2, 0.25) is 0 Å². The first-order valence-corrected chi connectivity index (χ1v) is 5.05. The average Bonchev–Trinajstić information content (AvgIpc) is 2.26. The Bertz CT molecular complexity index is 375. The molecule has 0 aromatic heterocycles. The van der Waals surface area contributed by atoms with Crippen LogP contribution in [0.3, 0.4) is 0 Å². The van der Waals surface area contributed by atoms with Crippen LogP contribution >= 0.6 is 0 Å². The lowest BCUT2D eigenvalue weighted by molar-refractivity contribution is -0.142. The number of Topliss-reactive ketones (excluding diaryl/α,β-unsaturated/α-hetero) is 1. The lowest BCUT2D eigenvalue weighted by Gasteiger charge is -2.17. The van der Waals surface area contributed by atoms with Crippen molar-refractivity contribution < 1.29 is 14.7 Å². The van der Waals surface area contributed by atoms with Crippen LogP contribution < -0.4 is 5.73 Å². The second-order valence-electron chi connectivity index (χ2n) is 3.77. The Kier molecular flexibility index (Phi) is 4.19. The lowest BCUT2D eigenvalue weighted by atomic mass is 9.89. The van der Waals surface area contributed by atoms with Gasteiger partial charge in [-0.3, -0.25) is 9.59 Å². The number of nitrogens with two attached hydrogens (primary N) is 1. The lowest BCUT2D eigenvalue weighted by Crippen LogP contribution is -2.42. The van der Waals surface area contributed by atoms with Crippen LogP contribution in [0.5, 0.6) is 0 Å². The Morgan fingerprint density at radius 1 is 1.31 bits per heavy atom. The van der Waals surface area contributed by atoms with E-state index < -0.39 is 17.9 Å². The summed E-state index contributed by atoms with van der Waals surface area (Å²) in [5, 5.41) is 8.80. The second-order valence-corrected chi connectivity index (χ2v) is 3.77. The fourth-order valence-electron chi connectivity index (χ4n) is 1.56. The SMILES string of the molecule is CC(=O)C(Cc1ccccc1)C(N)C(=O)O. The zero-order valence-corrected chi connectivity index (χ0v) is 9.09. The van der Waals surface area contributed by atoms with Gasteiger partial charge in [-0.05, 0) is 18.9 Å². The van der Waals surface area contributed by atoms with E-state index in [0.29, 0.717) is 6.42 Å². The maximum Gasteiger partial charge on any atom is 0.321 e. The topological polar surface area (TPSA) is 80.4 Å². The van der Waals surface area contributed by atoms with Crippen molar-refractivity contribution in [2.24, 2.45) is 11.7 Å². The smallest absolute Gasteiger partial charge is 0.321 e. The summed E-state index contributed by atoms with van der Waals surface area (Å²) in [6.45, 7) is 1.37. The molecule has 3 N–H and O–H groups in total. The third-order valence-electron chi connectivity index (χ3n) is 2.54. The predicted octanol–water partition coefficient (Wildman–Crippen LogP) is 0.846. The fraction of sp³-hybridized carbons (Fsp3) is 0.333. The summed E-state index contributed by atoms with van der Waals surface area (Å²) in [5.74, 6) is -2.00. The predicted molar refractivity (Wildman–Crippen MR) is 59.9 cm³/mol. The molecule has 0 aliphatic rings. The van der Waals surface area contributed by atoms with E-state index in [4.69, 9.17) is 10.8 Å². The molecule has 16 heavy (non-hydrogen) atoms. The van der Waals surface area contributed by atoms with Gasteiger partial charge in [0.25, 0.3) is 0 Å². The normalized spacial score (nSPS) is 14.1. The highest BCUT2D eigenvalue weighted by Crippen LogP contribution is 2.13. The number of hydrogen-bond donors (Lipinski definition) is 2. The van der Waals surface area contributed by atoms with Crippen molar-refractivity contribution in [2.45, 2.75) is 19.4 Å². The minimum Gasteiger partial charge on any atom is -0.480 e. The van der Waals surface area contributed by atoms with E-state index in [0.717, 1.165) is 5.56 Å². The first-order chi connectivity index (χ1) is 7.52. The van der Waals surface area contributed by atoms with Crippen LogP contribution in [0, 0.1) is 5.92 Å². The Hall–Kier alpha value is -1.68. The number of carbonyl (C=O) groups is 2. The number of ketones is 1. The highest BCUT2D eigenvalue weighted by Gasteiger charge is 2.27. The molecule has 2 atom stereocenters. The Morgan fingerprint density at radius 3 is 2.31 bits per heavy atom. The van der Waals surface area contributed by atoms with Gasteiger partial charge in [0.1, 0.15) is 11.8 Å². The number of benzene rings is 1. The second kappa shape index (κ2) is 5.42. The third kappa shape index (κ3) is 3.17. The van der Waals surface area contributed by atoms with E-state index >= 15 is 0 Å². The molecule has 4 heteroatoms. The van der Waals surface area contributed by atoms with Gasteiger partial charge in [-0.25, -0.2) is 0 Å². The van der Waals surface area contributed by atoms with Gasteiger partial charge >= 0.3 is 5.97 Å². The molecular weight excluding hydrogens is 206 g/mol. The molecule has 2 unspecified atom stereocenters. The summed E-state index contributed by atoms with van der Waals surface area (Å²) in [6, 6.07) is 8.12. The molecule has 4 nitrogen and oxygen atoms in total. The van der Waals surface area contributed by atoms with Gasteiger partial charge < -0.3 is 10.8 Å². The van der Waals surface area contributed by atoms with E-state index in [-0.39, 0.29) is 5.78 Å². The van der Waals surface area contributed by atoms with Crippen molar-refractivity contribution in [1.29, 1.82) is 0 Å². The first kappa shape index (κ1) is 12.4. The molecule has 1 rings (SSSR count). The summed E-state index contributed by atoms with van der Waals surface area (Å²) in [6.07, 6.45) is 0.365. The quantitative estimate of drug-likeness (QED) is 0.772. The van der Waals surface area contributed by atoms with Crippen molar-refractivity contribution >= 4 is 11.8 Å². The van der Waals surface area contributed by atoms with Crippen LogP contribution in [0.25, 0.3) is 0 Å². The summed E-state index contributed by atoms with van der Waals surface area (Å²) < 4.78 is 0. The molecule has 1 aromatic rings. The summed E-state index contributed by atoms with van der Waals surface area (Å²) in [7, 11) is 0. The number of carboxylic acid groups (broad SMARTS) is 1. The molecule has 0 spiro atoms. The van der Waals surface area contributed by atoms with Gasteiger partial charge in [-0.1, -0.05) is 30.3 Å². The van der Waals surface area contributed by atoms with Crippen LogP contribution in [0.2, 0.25) is 0 Å². The van der Waals surface area contributed by atoms with Gasteiger partial charge in [0, 0.05) is 5.92 Å². The molecule has 0 fully saturated rings. The molecule has 0 aliphatic carbocycles. The van der Waals surface area contributed by atoms with Crippen molar-refractivity contribution in [3.63, 3.8) is 0 Å². The highest BCUT2D eigenvalue weighted by molar-refractivity contribution is 5.86. The zero-order valence-electron chi connectivity index (χ0n) is 9.09. The minimum atomic E-state index is -1.14. The van der Waals surface area contributed by atoms with Crippen molar-refractivity contribution in [3.05, 3.63) is 35.9 Å². The minimum absolute atomic E-state index is 0.196. The molecule has 0 heterocycles. The van der Waals surface area contributed by atoms with Crippen LogP contribution in [0.4, 0.5) is 0 Å². The molecule has 1 aromatic carbocycles. The summed E-state index contributed by atoms with van der Waals surface area (Å²) in [5.41, 5.74) is 6.41. The van der Waals surface area contributed by atoms with E-state index in [2.05, 4.69) is 0 Å². The molecule has 0 amide bonds. The van der Waals surface area contributed by atoms with E-state index in [1.807, 2.05) is 30.3 Å². The van der Waals surface area contributed by atoms with Crippen molar-refractivity contribution in [2.75, 3.05) is 0 Å². The van der Waals surface area contributed by atoms with E-state index in [1.165, 1.54) is 6.92 Å². The molecule has 0 saturated carbocycles. The van der Waals surface area contributed by atoms with Crippen LogP contribution in [-0.2, 0) is 16.0 Å². The van der Waals surface area contributed by atoms with Gasteiger partial charge in [-0.2, -0.15) is 0 Å². The van der Waals surface area contributed by atoms with Crippen LogP contribution in [-0.4, -0.2) is 22.9 Å². The van der Waals surface area contributed by atoms with Crippen LogP contribution in [0.1, 0.15) is 12.5 Å². The molecule has 0 bridgehead atoms. The third-order valence-corrected chi connectivity index (χ3v) is 2.54. The monoisotopic (exact) mass is 221 g/mol. The Balaban J connectivity index is 2.81. The average molecular weight is 221 g/mol. The largest absolute Gasteiger partial charge is 0.480 e. The number of aliphatic carboxylic acids is 1. The van der Waals surface area contributed by atoms with Gasteiger partial charge in [0.05, 0.1) is 0 Å². The Morgan fingerprint density at radius 2 is 1.88 bits per heavy atom. The van der Waals surface area contributed by atoms with E-state index in [1.54, 1.807) is 0 Å². The maximum absolute atomic E-state index is 11.4. The molecule has 0 saturated heterocycles. The number of rotatable bonds is 5. The number of carboxylic acids is 1. The molecule has 86 valence electrons. The molecular formula is C12H15NO3. The van der Waals surface area contributed by atoms with Crippen LogP contribution in [0.15, 0.2) is 30.3 Å². The number of hydrogen-bond acceptors (Lipinski definition) is 3. The highest BCUT2D eigenvalue weighted by atomic mass is 16.4. The van der Waals surface area contributed by atoms with Gasteiger partial charge in [-0.15, -0.1) is 0 Å². The maximum atomic E-state index is 11.4.